The second kappa shape index (κ2) is 10.4. The molecule has 0 spiro atoms. The van der Waals surface area contributed by atoms with Crippen LogP contribution >= 0.6 is 0 Å². The number of hydrogen-bond acceptors (Lipinski definition) is 7. The second-order valence-electron chi connectivity index (χ2n) is 7.04. The first-order chi connectivity index (χ1) is 15.0. The van der Waals surface area contributed by atoms with Gasteiger partial charge in [-0.1, -0.05) is 25.1 Å². The number of hydrogen-bond donors (Lipinski definition) is 4. The number of amides is 2. The molecule has 0 unspecified atom stereocenters. The molecular formula is C22H24N2O7. The molecule has 2 atom stereocenters. The van der Waals surface area contributed by atoms with Crippen LogP contribution in [-0.2, 0) is 9.53 Å². The van der Waals surface area contributed by atoms with Gasteiger partial charge in [0.2, 0.25) is 6.79 Å². The van der Waals surface area contributed by atoms with Crippen LogP contribution in [0.1, 0.15) is 31.4 Å². The molecule has 164 valence electrons. The third kappa shape index (κ3) is 6.13. The van der Waals surface area contributed by atoms with Gasteiger partial charge in [-0.2, -0.15) is 0 Å². The van der Waals surface area contributed by atoms with E-state index in [0.717, 1.165) is 5.56 Å². The van der Waals surface area contributed by atoms with E-state index in [9.17, 15) is 14.7 Å². The summed E-state index contributed by atoms with van der Waals surface area (Å²) >= 11 is 0. The van der Waals surface area contributed by atoms with E-state index in [0.29, 0.717) is 30.0 Å². The zero-order chi connectivity index (χ0) is 22.2. The van der Waals surface area contributed by atoms with Gasteiger partial charge in [0, 0.05) is 17.8 Å². The fourth-order valence-electron chi connectivity index (χ4n) is 3.15. The number of fused-ring (bicyclic) bond motifs is 1. The van der Waals surface area contributed by atoms with Crippen LogP contribution in [0.3, 0.4) is 0 Å². The SMILES string of the molecule is C[C@@H](CC/C=C/C(=O)NO)[C@H](OC(=O)Nc1ccc2c(c1)OCO2)c1ccc(O)cc1. The number of phenolic OH excluding ortho intramolecular Hbond substituents is 1. The van der Waals surface area contributed by atoms with Crippen LogP contribution in [0.5, 0.6) is 17.2 Å². The molecule has 2 aromatic carbocycles. The summed E-state index contributed by atoms with van der Waals surface area (Å²) in [5, 5.41) is 20.8. The van der Waals surface area contributed by atoms with Crippen LogP contribution in [0.25, 0.3) is 0 Å². The van der Waals surface area contributed by atoms with E-state index in [4.69, 9.17) is 19.4 Å². The molecule has 0 fully saturated rings. The molecule has 3 rings (SSSR count). The summed E-state index contributed by atoms with van der Waals surface area (Å²) in [7, 11) is 0. The van der Waals surface area contributed by atoms with Crippen molar-refractivity contribution in [3.05, 3.63) is 60.2 Å². The normalized spacial score (nSPS) is 14.1. The lowest BCUT2D eigenvalue weighted by Crippen LogP contribution is -2.22. The van der Waals surface area contributed by atoms with E-state index in [2.05, 4.69) is 5.32 Å². The van der Waals surface area contributed by atoms with Crippen molar-refractivity contribution in [2.24, 2.45) is 5.92 Å². The lowest BCUT2D eigenvalue weighted by Gasteiger charge is -2.24. The first-order valence-electron chi connectivity index (χ1n) is 9.73. The predicted octanol–water partition coefficient (Wildman–Crippen LogP) is 3.89. The molecule has 31 heavy (non-hydrogen) atoms. The van der Waals surface area contributed by atoms with Crippen molar-refractivity contribution in [2.45, 2.75) is 25.9 Å². The molecule has 1 aliphatic rings. The highest BCUT2D eigenvalue weighted by Gasteiger charge is 2.24. The average Bonchev–Trinajstić information content (AvgIpc) is 3.23. The largest absolute Gasteiger partial charge is 0.508 e. The minimum absolute atomic E-state index is 0.103. The number of benzene rings is 2. The van der Waals surface area contributed by atoms with Crippen LogP contribution in [0, 0.1) is 5.92 Å². The summed E-state index contributed by atoms with van der Waals surface area (Å²) in [4.78, 5) is 23.6. The zero-order valence-electron chi connectivity index (χ0n) is 16.9. The minimum Gasteiger partial charge on any atom is -0.508 e. The summed E-state index contributed by atoms with van der Waals surface area (Å²) in [5.41, 5.74) is 2.76. The number of rotatable bonds is 8. The van der Waals surface area contributed by atoms with Crippen molar-refractivity contribution in [3.63, 3.8) is 0 Å². The molecule has 9 heteroatoms. The summed E-state index contributed by atoms with van der Waals surface area (Å²) in [6, 6.07) is 11.5. The standard InChI is InChI=1S/C22H24N2O7/c1-14(4-2-3-5-20(26)24-28)21(15-6-9-17(25)10-7-15)31-22(27)23-16-8-11-18-19(12-16)30-13-29-18/h3,5-12,14,21,25,28H,2,4,13H2,1H3,(H,23,27)(H,24,26)/b5-3+/t14-,21-/m0/s1. The van der Waals surface area contributed by atoms with Gasteiger partial charge >= 0.3 is 6.09 Å². The molecular weight excluding hydrogens is 404 g/mol. The van der Waals surface area contributed by atoms with E-state index in [1.54, 1.807) is 36.4 Å². The Morgan fingerprint density at radius 3 is 2.65 bits per heavy atom. The van der Waals surface area contributed by atoms with Gasteiger partial charge in [0.25, 0.3) is 5.91 Å². The highest BCUT2D eigenvalue weighted by Crippen LogP contribution is 2.35. The molecule has 0 radical (unpaired) electrons. The Morgan fingerprint density at radius 2 is 1.90 bits per heavy atom. The summed E-state index contributed by atoms with van der Waals surface area (Å²) < 4.78 is 16.3. The molecule has 0 saturated carbocycles. The Labute approximate surface area is 179 Å². The van der Waals surface area contributed by atoms with Gasteiger partial charge in [0.1, 0.15) is 11.9 Å². The number of ether oxygens (including phenoxy) is 3. The number of phenols is 1. The third-order valence-electron chi connectivity index (χ3n) is 4.76. The second-order valence-corrected chi connectivity index (χ2v) is 7.04. The molecule has 4 N–H and O–H groups in total. The third-order valence-corrected chi connectivity index (χ3v) is 4.76. The Kier molecular flexibility index (Phi) is 7.34. The number of allylic oxidation sites excluding steroid dienone is 1. The van der Waals surface area contributed by atoms with Crippen LogP contribution in [-0.4, -0.2) is 29.1 Å². The van der Waals surface area contributed by atoms with Crippen molar-refractivity contribution in [3.8, 4) is 17.2 Å². The van der Waals surface area contributed by atoms with E-state index < -0.39 is 18.1 Å². The molecule has 1 aliphatic heterocycles. The summed E-state index contributed by atoms with van der Waals surface area (Å²) in [6.07, 6.45) is 2.78. The number of nitrogens with one attached hydrogen (secondary N) is 2. The molecule has 1 heterocycles. The predicted molar refractivity (Wildman–Crippen MR) is 111 cm³/mol. The monoisotopic (exact) mass is 428 g/mol. The smallest absolute Gasteiger partial charge is 0.412 e. The molecule has 9 nitrogen and oxygen atoms in total. The van der Waals surface area contributed by atoms with Crippen LogP contribution < -0.4 is 20.3 Å². The lowest BCUT2D eigenvalue weighted by molar-refractivity contribution is -0.124. The Morgan fingerprint density at radius 1 is 1.16 bits per heavy atom. The van der Waals surface area contributed by atoms with Gasteiger partial charge in [-0.25, -0.2) is 10.3 Å². The molecule has 0 aliphatic carbocycles. The minimum atomic E-state index is -0.640. The number of hydroxylamine groups is 1. The molecule has 0 bridgehead atoms. The van der Waals surface area contributed by atoms with E-state index in [1.165, 1.54) is 23.7 Å². The number of anilines is 1. The fourth-order valence-corrected chi connectivity index (χ4v) is 3.15. The van der Waals surface area contributed by atoms with Crippen molar-refractivity contribution < 1.29 is 34.1 Å². The Balaban J connectivity index is 1.67. The van der Waals surface area contributed by atoms with Crippen molar-refractivity contribution >= 4 is 17.7 Å². The maximum atomic E-state index is 12.6. The van der Waals surface area contributed by atoms with Crippen LogP contribution in [0.2, 0.25) is 0 Å². The summed E-state index contributed by atoms with van der Waals surface area (Å²) in [6.45, 7) is 2.06. The number of aromatic hydroxyl groups is 1. The molecule has 2 amide bonds. The van der Waals surface area contributed by atoms with E-state index in [-0.39, 0.29) is 18.5 Å². The van der Waals surface area contributed by atoms with Gasteiger partial charge in [0.05, 0.1) is 0 Å². The lowest BCUT2D eigenvalue weighted by atomic mass is 9.93. The van der Waals surface area contributed by atoms with Gasteiger partial charge in [0.15, 0.2) is 11.5 Å². The van der Waals surface area contributed by atoms with Crippen molar-refractivity contribution in [1.29, 1.82) is 0 Å². The fraction of sp³-hybridized carbons (Fsp3) is 0.273. The van der Waals surface area contributed by atoms with Gasteiger partial charge in [-0.3, -0.25) is 15.3 Å². The van der Waals surface area contributed by atoms with Gasteiger partial charge in [-0.05, 0) is 48.6 Å². The Hall–Kier alpha value is -3.72. The highest BCUT2D eigenvalue weighted by atomic mass is 16.7. The highest BCUT2D eigenvalue weighted by molar-refractivity contribution is 5.86. The maximum absolute atomic E-state index is 12.6. The van der Waals surface area contributed by atoms with Gasteiger partial charge in [-0.15, -0.1) is 0 Å². The van der Waals surface area contributed by atoms with E-state index >= 15 is 0 Å². The van der Waals surface area contributed by atoms with Crippen LogP contribution in [0.15, 0.2) is 54.6 Å². The summed E-state index contributed by atoms with van der Waals surface area (Å²) in [5.74, 6) is 0.547. The zero-order valence-corrected chi connectivity index (χ0v) is 16.9. The number of carbonyl (C=O) groups is 2. The molecule has 0 aromatic heterocycles. The average molecular weight is 428 g/mol. The quantitative estimate of drug-likeness (QED) is 0.285. The first kappa shape index (κ1) is 22.0. The van der Waals surface area contributed by atoms with Crippen molar-refractivity contribution in [1.82, 2.24) is 5.48 Å². The first-order valence-corrected chi connectivity index (χ1v) is 9.73. The van der Waals surface area contributed by atoms with Crippen LogP contribution in [0.4, 0.5) is 10.5 Å². The van der Waals surface area contributed by atoms with Gasteiger partial charge < -0.3 is 19.3 Å². The number of carbonyl (C=O) groups excluding carboxylic acids is 2. The van der Waals surface area contributed by atoms with Crippen molar-refractivity contribution in [2.75, 3.05) is 12.1 Å². The van der Waals surface area contributed by atoms with E-state index in [1.807, 2.05) is 6.92 Å². The topological polar surface area (TPSA) is 126 Å². The molecule has 2 aromatic rings. The Bertz CT molecular complexity index is 943. The molecule has 0 saturated heterocycles. The maximum Gasteiger partial charge on any atom is 0.412 e.